The van der Waals surface area contributed by atoms with Gasteiger partial charge >= 0.3 is 0 Å². The highest BCUT2D eigenvalue weighted by atomic mass is 15.2. The molecule has 1 rings (SSSR count). The van der Waals surface area contributed by atoms with Crippen molar-refractivity contribution in [2.75, 3.05) is 6.54 Å². The van der Waals surface area contributed by atoms with Crippen LogP contribution < -0.4 is 10.6 Å². The first kappa shape index (κ1) is 15.0. The van der Waals surface area contributed by atoms with Gasteiger partial charge in [-0.05, 0) is 45.4 Å². The van der Waals surface area contributed by atoms with E-state index in [4.69, 9.17) is 5.26 Å². The standard InChI is InChI=1S/C15H22N4/c1-5-17-14(19-15(2,3)4)18-11-13-8-6-7-12(9-13)10-16/h6-9H,5,11H2,1-4H3,(H2,17,18,19). The van der Waals surface area contributed by atoms with E-state index in [1.807, 2.05) is 25.1 Å². The van der Waals surface area contributed by atoms with Gasteiger partial charge in [-0.25, -0.2) is 4.99 Å². The fraction of sp³-hybridized carbons (Fsp3) is 0.467. The summed E-state index contributed by atoms with van der Waals surface area (Å²) in [6.07, 6.45) is 0. The van der Waals surface area contributed by atoms with Crippen molar-refractivity contribution in [3.63, 3.8) is 0 Å². The Hall–Kier alpha value is -2.02. The van der Waals surface area contributed by atoms with E-state index in [1.54, 1.807) is 6.07 Å². The van der Waals surface area contributed by atoms with Gasteiger partial charge < -0.3 is 10.6 Å². The summed E-state index contributed by atoms with van der Waals surface area (Å²) in [5.74, 6) is 0.789. The highest BCUT2D eigenvalue weighted by molar-refractivity contribution is 5.80. The molecule has 0 saturated heterocycles. The van der Waals surface area contributed by atoms with Crippen LogP contribution in [0.5, 0.6) is 0 Å². The number of benzene rings is 1. The molecular weight excluding hydrogens is 236 g/mol. The minimum Gasteiger partial charge on any atom is -0.357 e. The summed E-state index contributed by atoms with van der Waals surface area (Å²) >= 11 is 0. The van der Waals surface area contributed by atoms with Gasteiger partial charge in [-0.2, -0.15) is 5.26 Å². The molecule has 1 aromatic rings. The lowest BCUT2D eigenvalue weighted by molar-refractivity contribution is 0.501. The number of rotatable bonds is 3. The zero-order chi connectivity index (χ0) is 14.3. The van der Waals surface area contributed by atoms with Crippen molar-refractivity contribution in [2.45, 2.75) is 39.8 Å². The lowest BCUT2D eigenvalue weighted by atomic mass is 10.1. The molecule has 0 aromatic heterocycles. The van der Waals surface area contributed by atoms with Crippen LogP contribution in [-0.2, 0) is 6.54 Å². The van der Waals surface area contributed by atoms with Crippen LogP contribution in [0.15, 0.2) is 29.3 Å². The van der Waals surface area contributed by atoms with Crippen molar-refractivity contribution in [3.8, 4) is 6.07 Å². The second kappa shape index (κ2) is 6.79. The highest BCUT2D eigenvalue weighted by Gasteiger charge is 2.11. The third kappa shape index (κ3) is 5.91. The number of nitrogens with one attached hydrogen (secondary N) is 2. The molecule has 0 aliphatic heterocycles. The number of hydrogen-bond acceptors (Lipinski definition) is 2. The van der Waals surface area contributed by atoms with E-state index in [0.29, 0.717) is 12.1 Å². The summed E-state index contributed by atoms with van der Waals surface area (Å²) in [7, 11) is 0. The summed E-state index contributed by atoms with van der Waals surface area (Å²) in [5.41, 5.74) is 1.67. The van der Waals surface area contributed by atoms with Gasteiger partial charge in [0.25, 0.3) is 0 Å². The maximum Gasteiger partial charge on any atom is 0.191 e. The van der Waals surface area contributed by atoms with Crippen molar-refractivity contribution in [2.24, 2.45) is 4.99 Å². The van der Waals surface area contributed by atoms with E-state index in [9.17, 15) is 0 Å². The van der Waals surface area contributed by atoms with E-state index < -0.39 is 0 Å². The number of hydrogen-bond donors (Lipinski definition) is 2. The molecule has 0 unspecified atom stereocenters. The van der Waals surface area contributed by atoms with Gasteiger partial charge in [0.2, 0.25) is 0 Å². The first-order chi connectivity index (χ1) is 8.94. The number of nitriles is 1. The van der Waals surface area contributed by atoms with Gasteiger partial charge in [0.1, 0.15) is 0 Å². The Morgan fingerprint density at radius 3 is 2.68 bits per heavy atom. The third-order valence-corrected chi connectivity index (χ3v) is 2.31. The molecule has 4 nitrogen and oxygen atoms in total. The molecule has 1 aromatic carbocycles. The zero-order valence-corrected chi connectivity index (χ0v) is 12.1. The molecule has 0 aliphatic carbocycles. The quantitative estimate of drug-likeness (QED) is 0.646. The van der Waals surface area contributed by atoms with Crippen LogP contribution in [0, 0.1) is 11.3 Å². The van der Waals surface area contributed by atoms with Crippen molar-refractivity contribution < 1.29 is 0 Å². The molecule has 0 bridgehead atoms. The smallest absolute Gasteiger partial charge is 0.191 e. The van der Waals surface area contributed by atoms with Crippen molar-refractivity contribution in [1.82, 2.24) is 10.6 Å². The molecule has 102 valence electrons. The van der Waals surface area contributed by atoms with Crippen LogP contribution >= 0.6 is 0 Å². The molecule has 0 fully saturated rings. The molecule has 0 amide bonds. The van der Waals surface area contributed by atoms with E-state index in [0.717, 1.165) is 18.1 Å². The highest BCUT2D eigenvalue weighted by Crippen LogP contribution is 2.06. The SMILES string of the molecule is CCNC(=NCc1cccc(C#N)c1)NC(C)(C)C. The molecule has 0 radical (unpaired) electrons. The minimum absolute atomic E-state index is 0.0322. The fourth-order valence-corrected chi connectivity index (χ4v) is 1.57. The van der Waals surface area contributed by atoms with Crippen LogP contribution in [0.2, 0.25) is 0 Å². The molecule has 0 atom stereocenters. The van der Waals surface area contributed by atoms with E-state index >= 15 is 0 Å². The van der Waals surface area contributed by atoms with Gasteiger partial charge in [0, 0.05) is 12.1 Å². The molecule has 4 heteroatoms. The maximum absolute atomic E-state index is 8.87. The zero-order valence-electron chi connectivity index (χ0n) is 12.1. The second-order valence-corrected chi connectivity index (χ2v) is 5.38. The minimum atomic E-state index is -0.0322. The largest absolute Gasteiger partial charge is 0.357 e. The summed E-state index contributed by atoms with van der Waals surface area (Å²) in [5, 5.41) is 15.4. The Balaban J connectivity index is 2.77. The van der Waals surface area contributed by atoms with Crippen LogP contribution in [0.25, 0.3) is 0 Å². The summed E-state index contributed by atoms with van der Waals surface area (Å²) < 4.78 is 0. The first-order valence-corrected chi connectivity index (χ1v) is 6.50. The predicted octanol–water partition coefficient (Wildman–Crippen LogP) is 2.41. The second-order valence-electron chi connectivity index (χ2n) is 5.38. The van der Waals surface area contributed by atoms with Gasteiger partial charge in [0.15, 0.2) is 5.96 Å². The average molecular weight is 258 g/mol. The number of aliphatic imine (C=N–C) groups is 1. The van der Waals surface area contributed by atoms with Crippen molar-refractivity contribution >= 4 is 5.96 Å². The van der Waals surface area contributed by atoms with Crippen LogP contribution in [0.4, 0.5) is 0 Å². The van der Waals surface area contributed by atoms with Gasteiger partial charge in [-0.3, -0.25) is 0 Å². The fourth-order valence-electron chi connectivity index (χ4n) is 1.57. The van der Waals surface area contributed by atoms with Gasteiger partial charge in [0.05, 0.1) is 18.2 Å². The monoisotopic (exact) mass is 258 g/mol. The van der Waals surface area contributed by atoms with E-state index in [2.05, 4.69) is 42.5 Å². The lowest BCUT2D eigenvalue weighted by Crippen LogP contribution is -2.47. The Morgan fingerprint density at radius 2 is 2.11 bits per heavy atom. The third-order valence-electron chi connectivity index (χ3n) is 2.31. The number of guanidine groups is 1. The summed E-state index contributed by atoms with van der Waals surface area (Å²) in [6.45, 7) is 9.69. The Bertz CT molecular complexity index is 478. The van der Waals surface area contributed by atoms with Gasteiger partial charge in [-0.15, -0.1) is 0 Å². The van der Waals surface area contributed by atoms with Crippen molar-refractivity contribution in [3.05, 3.63) is 35.4 Å². The van der Waals surface area contributed by atoms with Crippen LogP contribution in [0.3, 0.4) is 0 Å². The first-order valence-electron chi connectivity index (χ1n) is 6.50. The normalized spacial score (nSPS) is 11.8. The molecule has 0 heterocycles. The van der Waals surface area contributed by atoms with E-state index in [1.165, 1.54) is 0 Å². The summed E-state index contributed by atoms with van der Waals surface area (Å²) in [4.78, 5) is 4.53. The maximum atomic E-state index is 8.87. The molecule has 0 saturated carbocycles. The Kier molecular flexibility index (Phi) is 5.37. The van der Waals surface area contributed by atoms with Crippen LogP contribution in [-0.4, -0.2) is 18.0 Å². The predicted molar refractivity (Wildman–Crippen MR) is 78.9 cm³/mol. The Morgan fingerprint density at radius 1 is 1.37 bits per heavy atom. The molecule has 0 spiro atoms. The van der Waals surface area contributed by atoms with Crippen LogP contribution in [0.1, 0.15) is 38.8 Å². The molecule has 19 heavy (non-hydrogen) atoms. The Labute approximate surface area is 115 Å². The summed E-state index contributed by atoms with van der Waals surface area (Å²) in [6, 6.07) is 9.66. The lowest BCUT2D eigenvalue weighted by Gasteiger charge is -2.23. The van der Waals surface area contributed by atoms with E-state index in [-0.39, 0.29) is 5.54 Å². The topological polar surface area (TPSA) is 60.2 Å². The van der Waals surface area contributed by atoms with Gasteiger partial charge in [-0.1, -0.05) is 12.1 Å². The average Bonchev–Trinajstić information content (AvgIpc) is 2.35. The molecule has 2 N–H and O–H groups in total. The number of nitrogens with zero attached hydrogens (tertiary/aromatic N) is 2. The molecular formula is C15H22N4. The molecule has 0 aliphatic rings. The van der Waals surface area contributed by atoms with Crippen molar-refractivity contribution in [1.29, 1.82) is 5.26 Å².